The molecule has 0 saturated carbocycles. The SMILES string of the molecule is C=C(c1cc(F)cc(F)c1)c1cc(C(=O)c2cc(F)cc(F)c2)cc(C2(c3cc(C(=O)c4cc(F)cc(F)c4)cc(C(=O)c4cc(F)cc(F)c4)c3)c3ccccc3-c3ccccc32)c1. The van der Waals surface area contributed by atoms with Gasteiger partial charge in [-0.2, -0.15) is 0 Å². The predicted octanol–water partition coefficient (Wildman–Crippen LogP) is 12.9. The van der Waals surface area contributed by atoms with E-state index in [1.165, 1.54) is 24.3 Å². The van der Waals surface area contributed by atoms with Crippen LogP contribution >= 0.6 is 0 Å². The number of carbonyl (C=O) groups excluding carboxylic acids is 3. The Morgan fingerprint density at radius 3 is 0.908 bits per heavy atom. The van der Waals surface area contributed by atoms with E-state index >= 15 is 0 Å². The highest BCUT2D eigenvalue weighted by Gasteiger charge is 2.47. The zero-order valence-electron chi connectivity index (χ0n) is 33.5. The van der Waals surface area contributed by atoms with Crippen LogP contribution in [-0.4, -0.2) is 17.3 Å². The summed E-state index contributed by atoms with van der Waals surface area (Å²) in [6, 6.07) is 31.6. The van der Waals surface area contributed by atoms with Gasteiger partial charge in [0.15, 0.2) is 17.3 Å². The molecule has 0 heterocycles. The molecule has 0 aliphatic heterocycles. The van der Waals surface area contributed by atoms with Crippen LogP contribution < -0.4 is 0 Å². The highest BCUT2D eigenvalue weighted by atomic mass is 19.2. The summed E-state index contributed by atoms with van der Waals surface area (Å²) < 4.78 is 117. The average Bonchev–Trinajstić information content (AvgIpc) is 3.57. The number of benzene rings is 8. The number of fused-ring (bicyclic) bond motifs is 3. The van der Waals surface area contributed by atoms with E-state index in [9.17, 15) is 49.5 Å². The van der Waals surface area contributed by atoms with Crippen LogP contribution in [0.5, 0.6) is 0 Å². The molecule has 8 aromatic rings. The van der Waals surface area contributed by atoms with Crippen molar-refractivity contribution in [3.63, 3.8) is 0 Å². The van der Waals surface area contributed by atoms with Crippen LogP contribution in [0, 0.1) is 46.5 Å². The number of hydrogen-bond donors (Lipinski definition) is 0. The summed E-state index contributed by atoms with van der Waals surface area (Å²) in [4.78, 5) is 43.4. The molecule has 3 nitrogen and oxygen atoms in total. The summed E-state index contributed by atoms with van der Waals surface area (Å²) in [6.07, 6.45) is 0. The summed E-state index contributed by atoms with van der Waals surface area (Å²) in [6.45, 7) is 4.12. The first-order valence-electron chi connectivity index (χ1n) is 19.8. The first-order chi connectivity index (χ1) is 31.1. The van der Waals surface area contributed by atoms with Gasteiger partial charge in [-0.05, 0) is 135 Å². The summed E-state index contributed by atoms with van der Waals surface area (Å²) in [5.74, 6) is -11.0. The Morgan fingerprint density at radius 1 is 0.323 bits per heavy atom. The summed E-state index contributed by atoms with van der Waals surface area (Å²) in [5, 5.41) is 0. The monoisotopic (exact) mass is 876 g/mol. The van der Waals surface area contributed by atoms with E-state index < -0.39 is 80.4 Å². The molecule has 11 heteroatoms. The molecule has 0 bridgehead atoms. The fourth-order valence-electron chi connectivity index (χ4n) is 8.73. The summed E-state index contributed by atoms with van der Waals surface area (Å²) in [7, 11) is 0. The lowest BCUT2D eigenvalue weighted by molar-refractivity contribution is 0.102. The second-order valence-electron chi connectivity index (χ2n) is 15.5. The van der Waals surface area contributed by atoms with Crippen molar-refractivity contribution < 1.29 is 49.5 Å². The maximum Gasteiger partial charge on any atom is 0.193 e. The van der Waals surface area contributed by atoms with Crippen molar-refractivity contribution in [2.24, 2.45) is 0 Å². The minimum absolute atomic E-state index is 0.0143. The maximum atomic E-state index is 14.7. The molecular weight excluding hydrogens is 849 g/mol. The molecule has 318 valence electrons. The molecule has 1 aliphatic rings. The van der Waals surface area contributed by atoms with Crippen LogP contribution in [-0.2, 0) is 5.41 Å². The van der Waals surface area contributed by atoms with Crippen LogP contribution in [0.1, 0.15) is 81.1 Å². The van der Waals surface area contributed by atoms with Gasteiger partial charge in [-0.15, -0.1) is 0 Å². The fraction of sp³-hybridized carbons (Fsp3) is 0.0185. The lowest BCUT2D eigenvalue weighted by atomic mass is 9.66. The van der Waals surface area contributed by atoms with Crippen molar-refractivity contribution in [3.8, 4) is 11.1 Å². The molecule has 1 aliphatic carbocycles. The second-order valence-corrected chi connectivity index (χ2v) is 15.5. The number of rotatable bonds is 10. The number of halogens is 8. The third kappa shape index (κ3) is 7.64. The molecule has 0 amide bonds. The zero-order chi connectivity index (χ0) is 45.9. The maximum absolute atomic E-state index is 14.7. The topological polar surface area (TPSA) is 51.2 Å². The molecular formula is C54H28F8O3. The van der Waals surface area contributed by atoms with Crippen LogP contribution in [0.3, 0.4) is 0 Å². The van der Waals surface area contributed by atoms with E-state index in [0.717, 1.165) is 54.6 Å². The number of carbonyl (C=O) groups is 3. The minimum Gasteiger partial charge on any atom is -0.289 e. The van der Waals surface area contributed by atoms with Crippen LogP contribution in [0.15, 0.2) is 164 Å². The molecule has 0 atom stereocenters. The van der Waals surface area contributed by atoms with Crippen molar-refractivity contribution in [1.29, 1.82) is 0 Å². The fourth-order valence-corrected chi connectivity index (χ4v) is 8.73. The highest BCUT2D eigenvalue weighted by molar-refractivity contribution is 6.14. The Balaban J connectivity index is 1.40. The molecule has 0 aromatic heterocycles. The van der Waals surface area contributed by atoms with Crippen molar-refractivity contribution in [2.75, 3.05) is 0 Å². The van der Waals surface area contributed by atoms with E-state index in [4.69, 9.17) is 0 Å². The third-order valence-corrected chi connectivity index (χ3v) is 11.4. The standard InChI is InChI=1S/C54H28F8O3/c1-28(30-16-39(55)24-40(56)17-30)29-10-31(51(63)34-18-41(57)25-42(58)19-34)13-37(12-29)54(49-8-4-2-6-47(49)48-7-3-5-9-50(48)54)38-14-32(52(64)35-20-43(59)26-44(60)21-35)11-33(15-38)53(65)36-22-45(61)27-46(62)23-36/h2-27H,1H2. The van der Waals surface area contributed by atoms with Gasteiger partial charge < -0.3 is 0 Å². The second kappa shape index (κ2) is 16.3. The van der Waals surface area contributed by atoms with Crippen LogP contribution in [0.25, 0.3) is 16.7 Å². The van der Waals surface area contributed by atoms with Crippen molar-refractivity contribution in [3.05, 3.63) is 278 Å². The Kier molecular flexibility index (Phi) is 10.6. The molecule has 0 radical (unpaired) electrons. The van der Waals surface area contributed by atoms with Crippen molar-refractivity contribution >= 4 is 22.9 Å². The van der Waals surface area contributed by atoms with Gasteiger partial charge in [-0.25, -0.2) is 35.1 Å². The molecule has 65 heavy (non-hydrogen) atoms. The lowest BCUT2D eigenvalue weighted by Crippen LogP contribution is -2.30. The smallest absolute Gasteiger partial charge is 0.193 e. The average molecular weight is 877 g/mol. The lowest BCUT2D eigenvalue weighted by Gasteiger charge is -2.35. The summed E-state index contributed by atoms with van der Waals surface area (Å²) in [5.41, 5.74) is -0.946. The van der Waals surface area contributed by atoms with E-state index in [1.54, 1.807) is 42.5 Å². The number of hydrogen-bond acceptors (Lipinski definition) is 3. The Bertz CT molecular complexity index is 2890. The van der Waals surface area contributed by atoms with Gasteiger partial charge in [0.05, 0.1) is 5.41 Å². The van der Waals surface area contributed by atoms with E-state index in [-0.39, 0.29) is 50.1 Å². The van der Waals surface area contributed by atoms with Gasteiger partial charge in [-0.1, -0.05) is 55.1 Å². The van der Waals surface area contributed by atoms with Gasteiger partial charge >= 0.3 is 0 Å². The largest absolute Gasteiger partial charge is 0.289 e. The normalized spacial score (nSPS) is 12.4. The van der Waals surface area contributed by atoms with Gasteiger partial charge in [0.25, 0.3) is 0 Å². The van der Waals surface area contributed by atoms with Gasteiger partial charge in [-0.3, -0.25) is 14.4 Å². The first kappa shape index (κ1) is 42.3. The van der Waals surface area contributed by atoms with Crippen molar-refractivity contribution in [2.45, 2.75) is 5.41 Å². The first-order valence-corrected chi connectivity index (χ1v) is 19.8. The number of ketones is 3. The molecule has 8 aromatic carbocycles. The van der Waals surface area contributed by atoms with Gasteiger partial charge in [0, 0.05) is 57.6 Å². The molecule has 0 unspecified atom stereocenters. The van der Waals surface area contributed by atoms with Crippen molar-refractivity contribution in [1.82, 2.24) is 0 Å². The molecule has 9 rings (SSSR count). The Labute approximate surface area is 365 Å². The van der Waals surface area contributed by atoms with Gasteiger partial charge in [0.1, 0.15) is 46.5 Å². The molecule has 0 N–H and O–H groups in total. The molecule has 0 saturated heterocycles. The Hall–Kier alpha value is -8.05. The molecule has 0 fully saturated rings. The third-order valence-electron chi connectivity index (χ3n) is 11.4. The van der Waals surface area contributed by atoms with E-state index in [2.05, 4.69) is 6.58 Å². The quantitative estimate of drug-likeness (QED) is 0.102. The predicted molar refractivity (Wildman–Crippen MR) is 228 cm³/mol. The van der Waals surface area contributed by atoms with E-state index in [0.29, 0.717) is 46.5 Å². The Morgan fingerprint density at radius 2 is 0.569 bits per heavy atom. The van der Waals surface area contributed by atoms with Crippen LogP contribution in [0.4, 0.5) is 35.1 Å². The summed E-state index contributed by atoms with van der Waals surface area (Å²) >= 11 is 0. The molecule has 0 spiro atoms. The zero-order valence-corrected chi connectivity index (χ0v) is 33.5. The van der Waals surface area contributed by atoms with E-state index in [1.807, 2.05) is 12.1 Å². The highest BCUT2D eigenvalue weighted by Crippen LogP contribution is 2.57. The minimum atomic E-state index is -1.69. The van der Waals surface area contributed by atoms with Crippen LogP contribution in [0.2, 0.25) is 0 Å². The van der Waals surface area contributed by atoms with Gasteiger partial charge in [0.2, 0.25) is 0 Å².